The number of aromatic nitrogens is 5. The number of benzene rings is 2. The fraction of sp³-hybridized carbons (Fsp3) is 0.375. The molecule has 3 N–H and O–H groups in total. The molecule has 11 nitrogen and oxygen atoms in total. The van der Waals surface area contributed by atoms with Crippen LogP contribution in [0.5, 0.6) is 0 Å². The Morgan fingerprint density at radius 2 is 1.12 bits per heavy atom. The summed E-state index contributed by atoms with van der Waals surface area (Å²) in [7, 11) is 0. The first kappa shape index (κ1) is 30.0. The van der Waals surface area contributed by atoms with Crippen LogP contribution in [0.25, 0.3) is 33.2 Å². The van der Waals surface area contributed by atoms with Gasteiger partial charge in [0.15, 0.2) is 0 Å². The van der Waals surface area contributed by atoms with Crippen molar-refractivity contribution in [3.8, 4) is 11.4 Å². The number of anilines is 2. The lowest BCUT2D eigenvalue weighted by Crippen LogP contribution is -2.27. The predicted octanol–water partition coefficient (Wildman–Crippen LogP) is 5.03. The molecule has 0 aliphatic heterocycles. The number of rotatable bonds is 14. The maximum absolute atomic E-state index is 13.0. The van der Waals surface area contributed by atoms with Gasteiger partial charge in [0, 0.05) is 72.9 Å². The van der Waals surface area contributed by atoms with E-state index >= 15 is 0 Å². The lowest BCUT2D eigenvalue weighted by molar-refractivity contribution is -0.117. The number of H-pyrrole nitrogens is 1. The SMILES string of the molecule is CCN(CC)CCC(=O)Nc1cc(-n2cccn2)c2[nH]c3c(-n4cccn4)cc(NC(=O)CCN(CC)CC)cc3c2c1. The molecule has 5 rings (SSSR count). The van der Waals surface area contributed by atoms with E-state index in [4.69, 9.17) is 0 Å². The maximum atomic E-state index is 13.0. The van der Waals surface area contributed by atoms with Gasteiger partial charge >= 0.3 is 0 Å². The molecule has 0 aliphatic carbocycles. The van der Waals surface area contributed by atoms with Gasteiger partial charge in [0.2, 0.25) is 11.8 Å². The monoisotopic (exact) mass is 583 g/mol. The van der Waals surface area contributed by atoms with Gasteiger partial charge in [-0.15, -0.1) is 0 Å². The first-order valence-corrected chi connectivity index (χ1v) is 15.1. The second-order valence-corrected chi connectivity index (χ2v) is 10.5. The Hall–Kier alpha value is -4.48. The largest absolute Gasteiger partial charge is 0.351 e. The number of aromatic amines is 1. The summed E-state index contributed by atoms with van der Waals surface area (Å²) in [5.41, 5.74) is 4.68. The minimum Gasteiger partial charge on any atom is -0.351 e. The summed E-state index contributed by atoms with van der Waals surface area (Å²) in [4.78, 5) is 34.0. The molecule has 3 heterocycles. The molecule has 43 heavy (non-hydrogen) atoms. The van der Waals surface area contributed by atoms with E-state index < -0.39 is 0 Å². The standard InChI is InChI=1S/C32H41N9O2/c1-5-38(6-2)17-11-29(42)35-23-19-25-26-20-24(36-30(43)12-18-39(7-3)8-4)22-28(41-16-10-14-34-41)32(26)37-31(25)27(21-23)40-15-9-13-33-40/h9-10,13-16,19-22,37H,5-8,11-12,17-18H2,1-4H3,(H,35,42)(H,36,43). The van der Waals surface area contributed by atoms with Gasteiger partial charge < -0.3 is 25.4 Å². The van der Waals surface area contributed by atoms with Crippen LogP contribution in [0.3, 0.4) is 0 Å². The zero-order valence-corrected chi connectivity index (χ0v) is 25.4. The van der Waals surface area contributed by atoms with Crippen LogP contribution in [-0.4, -0.2) is 85.4 Å². The van der Waals surface area contributed by atoms with E-state index in [1.807, 2.05) is 48.8 Å². The van der Waals surface area contributed by atoms with Crippen molar-refractivity contribution in [2.75, 3.05) is 49.9 Å². The van der Waals surface area contributed by atoms with Crippen molar-refractivity contribution in [3.05, 3.63) is 61.2 Å². The summed E-state index contributed by atoms with van der Waals surface area (Å²) >= 11 is 0. The average molecular weight is 584 g/mol. The zero-order valence-electron chi connectivity index (χ0n) is 25.4. The van der Waals surface area contributed by atoms with Crippen molar-refractivity contribution >= 4 is 45.0 Å². The summed E-state index contributed by atoms with van der Waals surface area (Å²) in [5.74, 6) is -0.0909. The number of nitrogens with one attached hydrogen (secondary N) is 3. The van der Waals surface area contributed by atoms with E-state index in [2.05, 4.69) is 63.3 Å². The van der Waals surface area contributed by atoms with Crippen molar-refractivity contribution in [2.45, 2.75) is 40.5 Å². The third-order valence-electron chi connectivity index (χ3n) is 7.94. The van der Waals surface area contributed by atoms with Gasteiger partial charge in [0.1, 0.15) is 0 Å². The number of nitrogens with zero attached hydrogens (tertiary/aromatic N) is 6. The highest BCUT2D eigenvalue weighted by atomic mass is 16.2. The maximum Gasteiger partial charge on any atom is 0.225 e. The minimum atomic E-state index is -0.0455. The van der Waals surface area contributed by atoms with Gasteiger partial charge in [-0.1, -0.05) is 27.7 Å². The molecule has 2 amide bonds. The molecule has 0 saturated heterocycles. The molecule has 0 atom stereocenters. The van der Waals surface area contributed by atoms with Gasteiger partial charge in [0.25, 0.3) is 0 Å². The van der Waals surface area contributed by atoms with E-state index in [1.165, 1.54) is 0 Å². The molecule has 0 unspecified atom stereocenters. The van der Waals surface area contributed by atoms with Gasteiger partial charge in [0.05, 0.1) is 22.4 Å². The van der Waals surface area contributed by atoms with Crippen LogP contribution in [0.15, 0.2) is 61.2 Å². The Labute approximate surface area is 251 Å². The number of carbonyl (C=O) groups excluding carboxylic acids is 2. The van der Waals surface area contributed by atoms with Crippen molar-refractivity contribution < 1.29 is 9.59 Å². The van der Waals surface area contributed by atoms with Gasteiger partial charge in [-0.05, 0) is 62.6 Å². The number of hydrogen-bond acceptors (Lipinski definition) is 6. The van der Waals surface area contributed by atoms with Crippen LogP contribution >= 0.6 is 0 Å². The molecule has 2 aromatic carbocycles. The van der Waals surface area contributed by atoms with Crippen molar-refractivity contribution in [1.29, 1.82) is 0 Å². The van der Waals surface area contributed by atoms with E-state index in [0.717, 1.165) is 59.4 Å². The molecular formula is C32H41N9O2. The third kappa shape index (κ3) is 6.79. The molecule has 3 aromatic heterocycles. The molecule has 226 valence electrons. The number of hydrogen-bond donors (Lipinski definition) is 3. The number of amides is 2. The average Bonchev–Trinajstić information content (AvgIpc) is 3.80. The summed E-state index contributed by atoms with van der Waals surface area (Å²) < 4.78 is 3.57. The fourth-order valence-electron chi connectivity index (χ4n) is 5.44. The molecule has 11 heteroatoms. The molecule has 0 radical (unpaired) electrons. The van der Waals surface area contributed by atoms with Crippen molar-refractivity contribution in [1.82, 2.24) is 34.3 Å². The Kier molecular flexibility index (Phi) is 9.53. The molecular weight excluding hydrogens is 542 g/mol. The summed E-state index contributed by atoms with van der Waals surface area (Å²) in [6.45, 7) is 13.4. The number of carbonyl (C=O) groups is 2. The van der Waals surface area contributed by atoms with Crippen molar-refractivity contribution in [3.63, 3.8) is 0 Å². The van der Waals surface area contributed by atoms with Crippen molar-refractivity contribution in [2.24, 2.45) is 0 Å². The summed E-state index contributed by atoms with van der Waals surface area (Å²) in [6, 6.07) is 11.6. The normalized spacial score (nSPS) is 11.7. The Bertz CT molecular complexity index is 1540. The predicted molar refractivity (Wildman–Crippen MR) is 172 cm³/mol. The van der Waals surface area contributed by atoms with Gasteiger partial charge in [-0.25, -0.2) is 9.36 Å². The Balaban J connectivity index is 1.58. The summed E-state index contributed by atoms with van der Waals surface area (Å²) in [6.07, 6.45) is 8.01. The van der Waals surface area contributed by atoms with Crippen LogP contribution in [0.4, 0.5) is 11.4 Å². The zero-order chi connectivity index (χ0) is 30.3. The minimum absolute atomic E-state index is 0.0455. The van der Waals surface area contributed by atoms with Crippen LogP contribution in [-0.2, 0) is 9.59 Å². The van der Waals surface area contributed by atoms with E-state index in [0.29, 0.717) is 37.3 Å². The molecule has 0 bridgehead atoms. The molecule has 0 fully saturated rings. The Morgan fingerprint density at radius 3 is 1.47 bits per heavy atom. The third-order valence-corrected chi connectivity index (χ3v) is 7.94. The lowest BCUT2D eigenvalue weighted by Gasteiger charge is -2.17. The second-order valence-electron chi connectivity index (χ2n) is 10.5. The van der Waals surface area contributed by atoms with Crippen LogP contribution < -0.4 is 10.6 Å². The highest BCUT2D eigenvalue weighted by Crippen LogP contribution is 2.37. The second kappa shape index (κ2) is 13.7. The molecule has 5 aromatic rings. The van der Waals surface area contributed by atoms with Gasteiger partial charge in [-0.3, -0.25) is 9.59 Å². The number of fused-ring (bicyclic) bond motifs is 3. The quantitative estimate of drug-likeness (QED) is 0.169. The van der Waals surface area contributed by atoms with E-state index in [-0.39, 0.29) is 11.8 Å². The first-order valence-electron chi connectivity index (χ1n) is 15.1. The van der Waals surface area contributed by atoms with Crippen LogP contribution in [0.1, 0.15) is 40.5 Å². The van der Waals surface area contributed by atoms with E-state index in [9.17, 15) is 9.59 Å². The summed E-state index contributed by atoms with van der Waals surface area (Å²) in [5, 5.41) is 17.0. The molecule has 0 spiro atoms. The van der Waals surface area contributed by atoms with Crippen LogP contribution in [0, 0.1) is 0 Å². The first-order chi connectivity index (χ1) is 20.9. The van der Waals surface area contributed by atoms with Crippen LogP contribution in [0.2, 0.25) is 0 Å². The fourth-order valence-corrected chi connectivity index (χ4v) is 5.44. The van der Waals surface area contributed by atoms with Gasteiger partial charge in [-0.2, -0.15) is 10.2 Å². The highest BCUT2D eigenvalue weighted by Gasteiger charge is 2.18. The van der Waals surface area contributed by atoms with E-state index in [1.54, 1.807) is 21.8 Å². The Morgan fingerprint density at radius 1 is 0.698 bits per heavy atom. The molecule has 0 saturated carbocycles. The highest BCUT2D eigenvalue weighted by molar-refractivity contribution is 6.15. The topological polar surface area (TPSA) is 116 Å². The lowest BCUT2D eigenvalue weighted by atomic mass is 10.1. The smallest absolute Gasteiger partial charge is 0.225 e. The molecule has 0 aliphatic rings.